The molecular formula is C14H17BrN4. The summed E-state index contributed by atoms with van der Waals surface area (Å²) < 4.78 is 0.978. The van der Waals surface area contributed by atoms with Crippen LogP contribution in [0.15, 0.2) is 41.3 Å². The van der Waals surface area contributed by atoms with Gasteiger partial charge in [-0.1, -0.05) is 6.92 Å². The van der Waals surface area contributed by atoms with Crippen molar-refractivity contribution in [1.82, 2.24) is 15.4 Å². The van der Waals surface area contributed by atoms with Gasteiger partial charge in [-0.25, -0.2) is 0 Å². The van der Waals surface area contributed by atoms with Crippen molar-refractivity contribution in [3.05, 3.63) is 58.1 Å². The molecule has 1 unspecified atom stereocenters. The summed E-state index contributed by atoms with van der Waals surface area (Å²) in [4.78, 5) is 8.55. The molecular weight excluding hydrogens is 304 g/mol. The van der Waals surface area contributed by atoms with Crippen LogP contribution < -0.4 is 11.3 Å². The fourth-order valence-corrected chi connectivity index (χ4v) is 2.30. The maximum atomic E-state index is 5.70. The van der Waals surface area contributed by atoms with Crippen molar-refractivity contribution >= 4 is 15.9 Å². The first-order valence-electron chi connectivity index (χ1n) is 6.24. The molecule has 5 heteroatoms. The second-order valence-electron chi connectivity index (χ2n) is 4.32. The highest BCUT2D eigenvalue weighted by molar-refractivity contribution is 9.10. The van der Waals surface area contributed by atoms with Crippen LogP contribution >= 0.6 is 15.9 Å². The van der Waals surface area contributed by atoms with E-state index in [4.69, 9.17) is 5.84 Å². The van der Waals surface area contributed by atoms with Crippen molar-refractivity contribution in [2.24, 2.45) is 5.84 Å². The van der Waals surface area contributed by atoms with Crippen LogP contribution in [0.25, 0.3) is 0 Å². The Balaban J connectivity index is 2.22. The van der Waals surface area contributed by atoms with E-state index in [1.807, 2.05) is 24.4 Å². The van der Waals surface area contributed by atoms with Gasteiger partial charge in [0.1, 0.15) is 0 Å². The van der Waals surface area contributed by atoms with Gasteiger partial charge >= 0.3 is 0 Å². The Morgan fingerprint density at radius 1 is 1.32 bits per heavy atom. The first kappa shape index (κ1) is 14.1. The van der Waals surface area contributed by atoms with Gasteiger partial charge in [0.2, 0.25) is 0 Å². The molecule has 2 aromatic rings. The molecule has 2 aromatic heterocycles. The number of halogens is 1. The smallest absolute Gasteiger partial charge is 0.0519 e. The molecule has 0 aliphatic heterocycles. The second kappa shape index (κ2) is 6.75. The zero-order valence-electron chi connectivity index (χ0n) is 10.8. The lowest BCUT2D eigenvalue weighted by Crippen LogP contribution is -2.30. The fraction of sp³-hybridized carbons (Fsp3) is 0.286. The molecule has 0 aliphatic rings. The summed E-state index contributed by atoms with van der Waals surface area (Å²) in [5.74, 6) is 5.70. The van der Waals surface area contributed by atoms with E-state index in [1.54, 1.807) is 12.4 Å². The molecule has 0 fully saturated rings. The van der Waals surface area contributed by atoms with Gasteiger partial charge in [-0.3, -0.25) is 21.2 Å². The maximum absolute atomic E-state index is 5.70. The standard InChI is InChI=1S/C14H17BrN4/c1-2-10-8-17-6-5-13(10)14(19-16)7-12-4-3-11(15)9-18-12/h3-6,8-9,14,19H,2,7,16H2,1H3. The zero-order valence-corrected chi connectivity index (χ0v) is 12.4. The van der Waals surface area contributed by atoms with Crippen LogP contribution in [0, 0.1) is 0 Å². The summed E-state index contributed by atoms with van der Waals surface area (Å²) in [5, 5.41) is 0. The Morgan fingerprint density at radius 3 is 2.79 bits per heavy atom. The van der Waals surface area contributed by atoms with Gasteiger partial charge in [-0.2, -0.15) is 0 Å². The molecule has 100 valence electrons. The Kier molecular flexibility index (Phi) is 5.01. The van der Waals surface area contributed by atoms with Gasteiger partial charge in [0.05, 0.1) is 6.04 Å². The predicted octanol–water partition coefficient (Wildman–Crippen LogP) is 2.55. The fourth-order valence-electron chi connectivity index (χ4n) is 2.07. The lowest BCUT2D eigenvalue weighted by molar-refractivity contribution is 0.541. The van der Waals surface area contributed by atoms with Gasteiger partial charge in [-0.05, 0) is 51.7 Å². The predicted molar refractivity (Wildman–Crippen MR) is 79.3 cm³/mol. The lowest BCUT2D eigenvalue weighted by Gasteiger charge is -2.18. The van der Waals surface area contributed by atoms with Gasteiger partial charge in [-0.15, -0.1) is 0 Å². The van der Waals surface area contributed by atoms with E-state index in [0.717, 1.165) is 23.0 Å². The summed E-state index contributed by atoms with van der Waals surface area (Å²) in [6.07, 6.45) is 7.19. The van der Waals surface area contributed by atoms with E-state index in [1.165, 1.54) is 11.1 Å². The summed E-state index contributed by atoms with van der Waals surface area (Å²) in [6, 6.07) is 6.05. The molecule has 1 atom stereocenters. The van der Waals surface area contributed by atoms with E-state index < -0.39 is 0 Å². The van der Waals surface area contributed by atoms with Crippen molar-refractivity contribution in [3.63, 3.8) is 0 Å². The van der Waals surface area contributed by atoms with Crippen molar-refractivity contribution in [2.45, 2.75) is 25.8 Å². The molecule has 19 heavy (non-hydrogen) atoms. The van der Waals surface area contributed by atoms with Crippen molar-refractivity contribution < 1.29 is 0 Å². The summed E-state index contributed by atoms with van der Waals surface area (Å²) in [7, 11) is 0. The molecule has 0 aromatic carbocycles. The van der Waals surface area contributed by atoms with Gasteiger partial charge in [0.15, 0.2) is 0 Å². The number of hydrogen-bond donors (Lipinski definition) is 2. The second-order valence-corrected chi connectivity index (χ2v) is 5.23. The van der Waals surface area contributed by atoms with E-state index in [9.17, 15) is 0 Å². The monoisotopic (exact) mass is 320 g/mol. The number of hydrazine groups is 1. The summed E-state index contributed by atoms with van der Waals surface area (Å²) >= 11 is 3.39. The highest BCUT2D eigenvalue weighted by atomic mass is 79.9. The molecule has 0 radical (unpaired) electrons. The van der Waals surface area contributed by atoms with Gasteiger partial charge in [0, 0.05) is 35.2 Å². The highest BCUT2D eigenvalue weighted by Crippen LogP contribution is 2.21. The number of nitrogens with zero attached hydrogens (tertiary/aromatic N) is 2. The molecule has 0 spiro atoms. The van der Waals surface area contributed by atoms with Crippen LogP contribution in [-0.4, -0.2) is 9.97 Å². The minimum Gasteiger partial charge on any atom is -0.271 e. The van der Waals surface area contributed by atoms with Crippen LogP contribution in [0.2, 0.25) is 0 Å². The first-order valence-corrected chi connectivity index (χ1v) is 7.03. The average molecular weight is 321 g/mol. The number of aryl methyl sites for hydroxylation is 1. The minimum absolute atomic E-state index is 0.0478. The first-order chi connectivity index (χ1) is 9.24. The van der Waals surface area contributed by atoms with Crippen molar-refractivity contribution in [2.75, 3.05) is 0 Å². The molecule has 0 saturated heterocycles. The number of aromatic nitrogens is 2. The largest absolute Gasteiger partial charge is 0.271 e. The zero-order chi connectivity index (χ0) is 13.7. The number of hydrogen-bond acceptors (Lipinski definition) is 4. The Hall–Kier alpha value is -1.30. The molecule has 3 N–H and O–H groups in total. The molecule has 0 bridgehead atoms. The molecule has 2 rings (SSSR count). The molecule has 2 heterocycles. The van der Waals surface area contributed by atoms with E-state index in [0.29, 0.717) is 0 Å². The van der Waals surface area contributed by atoms with E-state index >= 15 is 0 Å². The Labute approximate surface area is 121 Å². The van der Waals surface area contributed by atoms with Crippen molar-refractivity contribution in [1.29, 1.82) is 0 Å². The number of nitrogens with two attached hydrogens (primary N) is 1. The highest BCUT2D eigenvalue weighted by Gasteiger charge is 2.14. The van der Waals surface area contributed by atoms with Gasteiger partial charge in [0.25, 0.3) is 0 Å². The number of pyridine rings is 2. The lowest BCUT2D eigenvalue weighted by atomic mass is 9.97. The SMILES string of the molecule is CCc1cnccc1C(Cc1ccc(Br)cn1)NN. The third-order valence-electron chi connectivity index (χ3n) is 3.10. The average Bonchev–Trinajstić information content (AvgIpc) is 2.46. The number of rotatable bonds is 5. The van der Waals surface area contributed by atoms with E-state index in [2.05, 4.69) is 38.2 Å². The van der Waals surface area contributed by atoms with Crippen LogP contribution in [0.5, 0.6) is 0 Å². The number of nitrogens with one attached hydrogen (secondary N) is 1. The van der Waals surface area contributed by atoms with Gasteiger partial charge < -0.3 is 0 Å². The molecule has 0 aliphatic carbocycles. The third kappa shape index (κ3) is 3.59. The Bertz CT molecular complexity index is 527. The molecule has 0 saturated carbocycles. The summed E-state index contributed by atoms with van der Waals surface area (Å²) in [5.41, 5.74) is 6.28. The van der Waals surface area contributed by atoms with Crippen LogP contribution in [-0.2, 0) is 12.8 Å². The van der Waals surface area contributed by atoms with Crippen molar-refractivity contribution in [3.8, 4) is 0 Å². The third-order valence-corrected chi connectivity index (χ3v) is 3.57. The van der Waals surface area contributed by atoms with Crippen LogP contribution in [0.1, 0.15) is 29.8 Å². The Morgan fingerprint density at radius 2 is 2.16 bits per heavy atom. The maximum Gasteiger partial charge on any atom is 0.0519 e. The quantitative estimate of drug-likeness (QED) is 0.656. The van der Waals surface area contributed by atoms with Crippen LogP contribution in [0.3, 0.4) is 0 Å². The molecule has 0 amide bonds. The molecule has 4 nitrogen and oxygen atoms in total. The normalized spacial score (nSPS) is 12.4. The minimum atomic E-state index is 0.0478. The topological polar surface area (TPSA) is 63.8 Å². The van der Waals surface area contributed by atoms with E-state index in [-0.39, 0.29) is 6.04 Å². The summed E-state index contributed by atoms with van der Waals surface area (Å²) in [6.45, 7) is 2.12. The van der Waals surface area contributed by atoms with Crippen LogP contribution in [0.4, 0.5) is 0 Å².